The second-order valence-electron chi connectivity index (χ2n) is 5.43. The predicted molar refractivity (Wildman–Crippen MR) is 89.4 cm³/mol. The zero-order chi connectivity index (χ0) is 18.8. The smallest absolute Gasteiger partial charge is 0.408 e. The van der Waals surface area contributed by atoms with Crippen LogP contribution in [-0.4, -0.2) is 24.1 Å². The van der Waals surface area contributed by atoms with Gasteiger partial charge in [0.05, 0.1) is 18.4 Å². The number of carboxylic acid groups (broad SMARTS) is 1. The van der Waals surface area contributed by atoms with Gasteiger partial charge >= 0.3 is 12.1 Å². The fraction of sp³-hybridized carbons (Fsp3) is 0.211. The number of rotatable bonds is 8. The standard InChI is InChI=1S/C19H19NO6/c21-17(25-12-14-7-3-1-4-8-14)11-16(18(22)23)20-19(24)26-13-15-9-5-2-6-10-15/h1-10,16H,11-13H2,(H,20,24)(H,22,23)/p-1/t16-/m1/s1. The second-order valence-corrected chi connectivity index (χ2v) is 5.43. The maximum absolute atomic E-state index is 11.8. The van der Waals surface area contributed by atoms with Gasteiger partial charge in [-0.25, -0.2) is 4.79 Å². The first kappa shape index (κ1) is 19.0. The molecule has 0 aromatic heterocycles. The summed E-state index contributed by atoms with van der Waals surface area (Å²) in [6, 6.07) is 16.3. The lowest BCUT2D eigenvalue weighted by Gasteiger charge is -2.18. The van der Waals surface area contributed by atoms with Gasteiger partial charge in [0.2, 0.25) is 0 Å². The number of hydrogen-bond donors (Lipinski definition) is 1. The molecule has 0 aliphatic carbocycles. The number of nitrogens with one attached hydrogen (secondary N) is 1. The highest BCUT2D eigenvalue weighted by molar-refractivity contribution is 5.84. The third kappa shape index (κ3) is 6.64. The Bertz CT molecular complexity index is 675. The molecular weight excluding hydrogens is 338 g/mol. The lowest BCUT2D eigenvalue weighted by molar-refractivity contribution is -0.308. The van der Waals surface area contributed by atoms with Crippen molar-refractivity contribution in [2.45, 2.75) is 25.7 Å². The maximum atomic E-state index is 11.8. The molecule has 26 heavy (non-hydrogen) atoms. The molecule has 1 atom stereocenters. The summed E-state index contributed by atoms with van der Waals surface area (Å²) in [7, 11) is 0. The first-order valence-corrected chi connectivity index (χ1v) is 7.92. The number of benzene rings is 2. The molecule has 1 N–H and O–H groups in total. The lowest BCUT2D eigenvalue weighted by Crippen LogP contribution is -2.49. The zero-order valence-corrected chi connectivity index (χ0v) is 13.9. The Morgan fingerprint density at radius 3 is 1.85 bits per heavy atom. The monoisotopic (exact) mass is 356 g/mol. The minimum atomic E-state index is -1.60. The minimum absolute atomic E-state index is 0.0118. The first-order chi connectivity index (χ1) is 12.5. The molecule has 0 saturated carbocycles. The van der Waals surface area contributed by atoms with E-state index in [1.54, 1.807) is 48.5 Å². The van der Waals surface area contributed by atoms with Crippen molar-refractivity contribution >= 4 is 18.0 Å². The number of hydrogen-bond acceptors (Lipinski definition) is 6. The molecule has 1 amide bonds. The van der Waals surface area contributed by atoms with Gasteiger partial charge in [-0.1, -0.05) is 60.7 Å². The molecule has 0 saturated heterocycles. The van der Waals surface area contributed by atoms with Crippen molar-refractivity contribution in [1.82, 2.24) is 5.32 Å². The first-order valence-electron chi connectivity index (χ1n) is 7.92. The Kier molecular flexibility index (Phi) is 7.17. The number of aliphatic carboxylic acids is 1. The number of amides is 1. The van der Waals surface area contributed by atoms with Crippen molar-refractivity contribution in [3.8, 4) is 0 Å². The summed E-state index contributed by atoms with van der Waals surface area (Å²) in [5, 5.41) is 13.2. The summed E-state index contributed by atoms with van der Waals surface area (Å²) in [5.41, 5.74) is 1.51. The van der Waals surface area contributed by atoms with E-state index < -0.39 is 30.5 Å². The van der Waals surface area contributed by atoms with E-state index in [0.29, 0.717) is 0 Å². The summed E-state index contributed by atoms with van der Waals surface area (Å²) >= 11 is 0. The van der Waals surface area contributed by atoms with E-state index in [1.165, 1.54) is 0 Å². The normalized spacial score (nSPS) is 11.2. The summed E-state index contributed by atoms with van der Waals surface area (Å²) in [6.45, 7) is -0.0111. The number of carbonyl (C=O) groups is 3. The van der Waals surface area contributed by atoms with Gasteiger partial charge in [-0.15, -0.1) is 0 Å². The SMILES string of the molecule is O=C(C[C@@H](NC(=O)OCc1ccccc1)C(=O)[O-])OCc1ccccc1. The van der Waals surface area contributed by atoms with Gasteiger partial charge in [0.1, 0.15) is 13.2 Å². The molecule has 0 spiro atoms. The quantitative estimate of drug-likeness (QED) is 0.712. The maximum Gasteiger partial charge on any atom is 0.408 e. The van der Waals surface area contributed by atoms with Crippen molar-refractivity contribution in [1.29, 1.82) is 0 Å². The zero-order valence-electron chi connectivity index (χ0n) is 13.9. The minimum Gasteiger partial charge on any atom is -0.548 e. The molecule has 7 heteroatoms. The third-order valence-corrected chi connectivity index (χ3v) is 3.40. The molecule has 0 aliphatic rings. The van der Waals surface area contributed by atoms with Crippen LogP contribution >= 0.6 is 0 Å². The van der Waals surface area contributed by atoms with Gasteiger partial charge in [-0.2, -0.15) is 0 Å². The van der Waals surface area contributed by atoms with Crippen LogP contribution in [0.5, 0.6) is 0 Å². The second kappa shape index (κ2) is 9.83. The highest BCUT2D eigenvalue weighted by Gasteiger charge is 2.19. The third-order valence-electron chi connectivity index (χ3n) is 3.40. The van der Waals surface area contributed by atoms with E-state index >= 15 is 0 Å². The summed E-state index contributed by atoms with van der Waals surface area (Å²) in [6.07, 6.45) is -1.52. The molecule has 0 aliphatic heterocycles. The fourth-order valence-corrected chi connectivity index (χ4v) is 2.06. The van der Waals surface area contributed by atoms with E-state index in [9.17, 15) is 19.5 Å². The van der Waals surface area contributed by atoms with E-state index in [1.807, 2.05) is 12.1 Å². The van der Waals surface area contributed by atoms with Crippen LogP contribution in [0.4, 0.5) is 4.79 Å². The Morgan fingerprint density at radius 1 is 0.846 bits per heavy atom. The number of carboxylic acids is 1. The predicted octanol–water partition coefficient (Wildman–Crippen LogP) is 1.16. The number of alkyl carbamates (subject to hydrolysis) is 1. The molecule has 136 valence electrons. The average Bonchev–Trinajstić information content (AvgIpc) is 2.66. The van der Waals surface area contributed by atoms with E-state index in [2.05, 4.69) is 5.32 Å². The van der Waals surface area contributed by atoms with Crippen LogP contribution < -0.4 is 10.4 Å². The van der Waals surface area contributed by atoms with Crippen molar-refractivity contribution in [3.05, 3.63) is 71.8 Å². The van der Waals surface area contributed by atoms with Crippen molar-refractivity contribution < 1.29 is 29.0 Å². The van der Waals surface area contributed by atoms with Gasteiger partial charge < -0.3 is 24.7 Å². The Labute approximate surface area is 150 Å². The molecule has 0 heterocycles. The van der Waals surface area contributed by atoms with Gasteiger partial charge in [-0.3, -0.25) is 4.79 Å². The molecule has 0 unspecified atom stereocenters. The number of esters is 1. The largest absolute Gasteiger partial charge is 0.548 e. The molecule has 0 radical (unpaired) electrons. The van der Waals surface area contributed by atoms with Gasteiger partial charge in [0, 0.05) is 0 Å². The molecule has 0 fully saturated rings. The molecule has 7 nitrogen and oxygen atoms in total. The topological polar surface area (TPSA) is 105 Å². The Hall–Kier alpha value is -3.35. The van der Waals surface area contributed by atoms with Gasteiger partial charge in [-0.05, 0) is 11.1 Å². The molecule has 2 aromatic rings. The molecular formula is C19H18NO6-. The van der Waals surface area contributed by atoms with E-state index in [0.717, 1.165) is 11.1 Å². The van der Waals surface area contributed by atoms with Crippen molar-refractivity contribution in [2.75, 3.05) is 0 Å². The number of carbonyl (C=O) groups excluding carboxylic acids is 3. The van der Waals surface area contributed by atoms with E-state index in [4.69, 9.17) is 9.47 Å². The highest BCUT2D eigenvalue weighted by Crippen LogP contribution is 2.04. The molecule has 0 bridgehead atoms. The van der Waals surface area contributed by atoms with Crippen LogP contribution in [0.1, 0.15) is 17.5 Å². The Morgan fingerprint density at radius 2 is 1.35 bits per heavy atom. The Balaban J connectivity index is 1.78. The van der Waals surface area contributed by atoms with Crippen molar-refractivity contribution in [3.63, 3.8) is 0 Å². The van der Waals surface area contributed by atoms with Gasteiger partial charge in [0.25, 0.3) is 0 Å². The van der Waals surface area contributed by atoms with Crippen LogP contribution in [0, 0.1) is 0 Å². The summed E-state index contributed by atoms with van der Waals surface area (Å²) < 4.78 is 9.92. The van der Waals surface area contributed by atoms with Crippen LogP contribution in [0.2, 0.25) is 0 Å². The molecule has 2 rings (SSSR count). The summed E-state index contributed by atoms with van der Waals surface area (Å²) in [5.74, 6) is -2.37. The summed E-state index contributed by atoms with van der Waals surface area (Å²) in [4.78, 5) is 34.6. The van der Waals surface area contributed by atoms with Crippen LogP contribution in [0.25, 0.3) is 0 Å². The van der Waals surface area contributed by atoms with Crippen LogP contribution in [0.3, 0.4) is 0 Å². The van der Waals surface area contributed by atoms with Gasteiger partial charge in [0.15, 0.2) is 0 Å². The molecule has 2 aromatic carbocycles. The lowest BCUT2D eigenvalue weighted by atomic mass is 10.2. The number of ether oxygens (including phenoxy) is 2. The fourth-order valence-electron chi connectivity index (χ4n) is 2.06. The van der Waals surface area contributed by atoms with Crippen molar-refractivity contribution in [2.24, 2.45) is 0 Å². The van der Waals surface area contributed by atoms with E-state index in [-0.39, 0.29) is 13.2 Å². The van der Waals surface area contributed by atoms with Crippen LogP contribution in [0.15, 0.2) is 60.7 Å². The van der Waals surface area contributed by atoms with Crippen LogP contribution in [-0.2, 0) is 32.3 Å². The average molecular weight is 356 g/mol. The highest BCUT2D eigenvalue weighted by atomic mass is 16.5.